The van der Waals surface area contributed by atoms with Crippen LogP contribution in [0.15, 0.2) is 30.3 Å². The fourth-order valence-corrected chi connectivity index (χ4v) is 3.19. The number of benzene rings is 1. The molecule has 1 aromatic rings. The number of carbonyl (C=O) groups is 2. The molecule has 23 heavy (non-hydrogen) atoms. The molecule has 0 aliphatic heterocycles. The first-order valence-electron chi connectivity index (χ1n) is 8.59. The summed E-state index contributed by atoms with van der Waals surface area (Å²) in [5, 5.41) is 2.91. The number of rotatable bonds is 5. The van der Waals surface area contributed by atoms with Crippen LogP contribution in [0.2, 0.25) is 0 Å². The van der Waals surface area contributed by atoms with E-state index in [4.69, 9.17) is 0 Å². The summed E-state index contributed by atoms with van der Waals surface area (Å²) in [6.45, 7) is 4.16. The molecule has 0 bridgehead atoms. The van der Waals surface area contributed by atoms with Crippen LogP contribution in [-0.2, 0) is 4.79 Å². The molecule has 1 unspecified atom stereocenters. The topological polar surface area (TPSA) is 49.4 Å². The van der Waals surface area contributed by atoms with E-state index in [-0.39, 0.29) is 17.9 Å². The van der Waals surface area contributed by atoms with Crippen molar-refractivity contribution in [1.82, 2.24) is 10.2 Å². The molecule has 2 amide bonds. The van der Waals surface area contributed by atoms with Crippen LogP contribution < -0.4 is 5.32 Å². The summed E-state index contributed by atoms with van der Waals surface area (Å²) < 4.78 is 0. The Morgan fingerprint density at radius 3 is 2.39 bits per heavy atom. The van der Waals surface area contributed by atoms with Crippen LogP contribution in [0, 0.1) is 5.92 Å². The number of hydrogen-bond acceptors (Lipinski definition) is 2. The molecule has 0 spiro atoms. The first-order valence-corrected chi connectivity index (χ1v) is 8.59. The van der Waals surface area contributed by atoms with Gasteiger partial charge in [0, 0.05) is 31.1 Å². The summed E-state index contributed by atoms with van der Waals surface area (Å²) in [4.78, 5) is 26.4. The Balaban J connectivity index is 1.81. The number of nitrogens with one attached hydrogen (secondary N) is 1. The van der Waals surface area contributed by atoms with E-state index in [1.807, 2.05) is 37.1 Å². The van der Waals surface area contributed by atoms with E-state index in [0.29, 0.717) is 18.0 Å². The predicted octanol–water partition coefficient (Wildman–Crippen LogP) is 3.23. The first kappa shape index (κ1) is 17.5. The van der Waals surface area contributed by atoms with E-state index in [9.17, 15) is 9.59 Å². The lowest BCUT2D eigenvalue weighted by atomic mass is 9.86. The lowest BCUT2D eigenvalue weighted by Crippen LogP contribution is -2.43. The van der Waals surface area contributed by atoms with Crippen LogP contribution in [-0.4, -0.2) is 35.8 Å². The van der Waals surface area contributed by atoms with E-state index in [0.717, 1.165) is 18.8 Å². The minimum atomic E-state index is -0.167. The molecule has 2 rings (SSSR count). The molecule has 1 saturated carbocycles. The summed E-state index contributed by atoms with van der Waals surface area (Å²) in [6.07, 6.45) is 4.93. The second-order valence-corrected chi connectivity index (χ2v) is 6.86. The molecule has 0 radical (unpaired) electrons. The minimum absolute atomic E-state index is 0.116. The summed E-state index contributed by atoms with van der Waals surface area (Å²) in [7, 11) is 1.90. The van der Waals surface area contributed by atoms with Crippen molar-refractivity contribution < 1.29 is 9.59 Å². The van der Waals surface area contributed by atoms with Crippen LogP contribution in [0.3, 0.4) is 0 Å². The van der Waals surface area contributed by atoms with Gasteiger partial charge in [0.1, 0.15) is 0 Å². The van der Waals surface area contributed by atoms with Crippen LogP contribution in [0.1, 0.15) is 56.3 Å². The lowest BCUT2D eigenvalue weighted by Gasteiger charge is -2.34. The number of carbonyl (C=O) groups excluding carboxylic acids is 2. The van der Waals surface area contributed by atoms with Gasteiger partial charge in [0.05, 0.1) is 0 Å². The third-order valence-corrected chi connectivity index (χ3v) is 4.82. The highest BCUT2D eigenvalue weighted by molar-refractivity contribution is 5.94. The van der Waals surface area contributed by atoms with E-state index in [1.54, 1.807) is 12.1 Å². The third-order valence-electron chi connectivity index (χ3n) is 4.82. The SMILES string of the molecule is CC1CCC(N(C)C(=O)CC(C)NC(=O)c2ccccc2)CC1. The highest BCUT2D eigenvalue weighted by Gasteiger charge is 2.25. The van der Waals surface area contributed by atoms with E-state index < -0.39 is 0 Å². The molecule has 4 nitrogen and oxygen atoms in total. The van der Waals surface area contributed by atoms with Gasteiger partial charge in [-0.1, -0.05) is 25.1 Å². The monoisotopic (exact) mass is 316 g/mol. The van der Waals surface area contributed by atoms with Crippen molar-refractivity contribution in [2.45, 2.75) is 58.0 Å². The van der Waals surface area contributed by atoms with E-state index >= 15 is 0 Å². The Kier molecular flexibility index (Phi) is 6.20. The van der Waals surface area contributed by atoms with Gasteiger partial charge in [0.15, 0.2) is 0 Å². The fourth-order valence-electron chi connectivity index (χ4n) is 3.19. The molecule has 4 heteroatoms. The molecule has 1 aliphatic rings. The molecular weight excluding hydrogens is 288 g/mol. The van der Waals surface area contributed by atoms with Crippen LogP contribution in [0.25, 0.3) is 0 Å². The molecule has 1 atom stereocenters. The van der Waals surface area contributed by atoms with Crippen LogP contribution in [0.5, 0.6) is 0 Å². The maximum atomic E-state index is 12.4. The Labute approximate surface area is 139 Å². The average molecular weight is 316 g/mol. The van der Waals surface area contributed by atoms with Crippen molar-refractivity contribution in [2.75, 3.05) is 7.05 Å². The van der Waals surface area contributed by atoms with Crippen molar-refractivity contribution >= 4 is 11.8 Å². The van der Waals surface area contributed by atoms with Gasteiger partial charge < -0.3 is 10.2 Å². The lowest BCUT2D eigenvalue weighted by molar-refractivity contribution is -0.133. The van der Waals surface area contributed by atoms with Gasteiger partial charge in [0.2, 0.25) is 5.91 Å². The Hall–Kier alpha value is -1.84. The fraction of sp³-hybridized carbons (Fsp3) is 0.579. The third kappa shape index (κ3) is 5.08. The van der Waals surface area contributed by atoms with Crippen LogP contribution >= 0.6 is 0 Å². The molecule has 1 aromatic carbocycles. The minimum Gasteiger partial charge on any atom is -0.349 e. The quantitative estimate of drug-likeness (QED) is 0.906. The van der Waals surface area contributed by atoms with Gasteiger partial charge in [-0.15, -0.1) is 0 Å². The number of amides is 2. The average Bonchev–Trinajstić information content (AvgIpc) is 2.55. The Morgan fingerprint density at radius 1 is 1.17 bits per heavy atom. The second-order valence-electron chi connectivity index (χ2n) is 6.86. The molecule has 0 aromatic heterocycles. The highest BCUT2D eigenvalue weighted by atomic mass is 16.2. The van der Waals surface area contributed by atoms with Crippen molar-refractivity contribution in [2.24, 2.45) is 5.92 Å². The maximum absolute atomic E-state index is 12.4. The molecule has 126 valence electrons. The smallest absolute Gasteiger partial charge is 0.251 e. The van der Waals surface area contributed by atoms with Gasteiger partial charge >= 0.3 is 0 Å². The normalized spacial score (nSPS) is 22.2. The zero-order chi connectivity index (χ0) is 16.8. The summed E-state index contributed by atoms with van der Waals surface area (Å²) in [5.74, 6) is 0.768. The molecule has 0 heterocycles. The number of nitrogens with zero attached hydrogens (tertiary/aromatic N) is 1. The Bertz CT molecular complexity index is 521. The Morgan fingerprint density at radius 2 is 1.78 bits per heavy atom. The van der Waals surface area contributed by atoms with E-state index in [2.05, 4.69) is 12.2 Å². The van der Waals surface area contributed by atoms with Gasteiger partial charge in [0.25, 0.3) is 5.91 Å². The maximum Gasteiger partial charge on any atom is 0.251 e. The van der Waals surface area contributed by atoms with Gasteiger partial charge in [-0.2, -0.15) is 0 Å². The van der Waals surface area contributed by atoms with Gasteiger partial charge in [-0.25, -0.2) is 0 Å². The standard InChI is InChI=1S/C19H28N2O2/c1-14-9-11-17(12-10-14)21(3)18(22)13-15(2)20-19(23)16-7-5-4-6-8-16/h4-8,14-15,17H,9-13H2,1-3H3,(H,20,23). The number of hydrogen-bond donors (Lipinski definition) is 1. The van der Waals surface area contributed by atoms with Crippen molar-refractivity contribution in [3.05, 3.63) is 35.9 Å². The first-order chi connectivity index (χ1) is 11.0. The molecular formula is C19H28N2O2. The zero-order valence-electron chi connectivity index (χ0n) is 14.4. The summed E-state index contributed by atoms with van der Waals surface area (Å²) in [6, 6.07) is 9.30. The largest absolute Gasteiger partial charge is 0.349 e. The van der Waals surface area contributed by atoms with Crippen molar-refractivity contribution in [1.29, 1.82) is 0 Å². The second kappa shape index (κ2) is 8.14. The molecule has 0 saturated heterocycles. The van der Waals surface area contributed by atoms with Gasteiger partial charge in [-0.3, -0.25) is 9.59 Å². The zero-order valence-corrected chi connectivity index (χ0v) is 14.4. The summed E-state index contributed by atoms with van der Waals surface area (Å²) >= 11 is 0. The van der Waals surface area contributed by atoms with E-state index in [1.165, 1.54) is 12.8 Å². The molecule has 1 N–H and O–H groups in total. The molecule has 1 aliphatic carbocycles. The predicted molar refractivity (Wildman–Crippen MR) is 92.2 cm³/mol. The highest BCUT2D eigenvalue weighted by Crippen LogP contribution is 2.26. The van der Waals surface area contributed by atoms with Crippen molar-refractivity contribution in [3.8, 4) is 0 Å². The van der Waals surface area contributed by atoms with Crippen LogP contribution in [0.4, 0.5) is 0 Å². The van der Waals surface area contributed by atoms with Crippen molar-refractivity contribution in [3.63, 3.8) is 0 Å². The summed E-state index contributed by atoms with van der Waals surface area (Å²) in [5.41, 5.74) is 0.626. The van der Waals surface area contributed by atoms with Gasteiger partial charge in [-0.05, 0) is 50.7 Å². The molecule has 1 fully saturated rings.